The molecule has 0 aliphatic rings. The van der Waals surface area contributed by atoms with Crippen LogP contribution in [0.25, 0.3) is 0 Å². The third kappa shape index (κ3) is 5.69. The molecular formula is C18H18N4O6S. The van der Waals surface area contributed by atoms with E-state index in [2.05, 4.69) is 20.5 Å². The molecule has 1 aromatic carbocycles. The Morgan fingerprint density at radius 2 is 1.86 bits per heavy atom. The van der Waals surface area contributed by atoms with Gasteiger partial charge < -0.3 is 14.9 Å². The quantitative estimate of drug-likeness (QED) is 0.267. The Morgan fingerprint density at radius 1 is 1.21 bits per heavy atom. The van der Waals surface area contributed by atoms with E-state index >= 15 is 0 Å². The fourth-order valence-corrected chi connectivity index (χ4v) is 2.91. The number of aryl methyl sites for hydroxylation is 1. The molecule has 0 saturated heterocycles. The van der Waals surface area contributed by atoms with Crippen LogP contribution in [-0.2, 0) is 9.53 Å². The van der Waals surface area contributed by atoms with Crippen molar-refractivity contribution >= 4 is 40.0 Å². The monoisotopic (exact) mass is 418 g/mol. The standard InChI is InChI=1S/C18H18N4O6S/c1-4-28-17(27)14-9(2)19-18(29-14)20-15(24)13(10(3)23)22-21-12-7-5-11(6-8-12)16(25)26/h5-8,23H,4H2,1-3H3,(H,25,26)(H,19,20,24). The molecule has 29 heavy (non-hydrogen) atoms. The Hall–Kier alpha value is -3.60. The van der Waals surface area contributed by atoms with Gasteiger partial charge >= 0.3 is 11.9 Å². The summed E-state index contributed by atoms with van der Waals surface area (Å²) in [6, 6.07) is 5.48. The molecule has 0 bridgehead atoms. The molecule has 1 heterocycles. The number of aliphatic hydroxyl groups excluding tert-OH is 1. The largest absolute Gasteiger partial charge is 0.510 e. The van der Waals surface area contributed by atoms with E-state index in [0.29, 0.717) is 5.69 Å². The molecule has 1 aromatic heterocycles. The Morgan fingerprint density at radius 3 is 2.41 bits per heavy atom. The van der Waals surface area contributed by atoms with Gasteiger partial charge in [0.1, 0.15) is 10.6 Å². The number of allylic oxidation sites excluding steroid dienone is 1. The van der Waals surface area contributed by atoms with E-state index in [4.69, 9.17) is 9.84 Å². The van der Waals surface area contributed by atoms with E-state index in [1.807, 2.05) is 0 Å². The smallest absolute Gasteiger partial charge is 0.350 e. The average Bonchev–Trinajstić information content (AvgIpc) is 3.02. The fourth-order valence-electron chi connectivity index (χ4n) is 2.05. The van der Waals surface area contributed by atoms with Crippen LogP contribution < -0.4 is 5.32 Å². The molecule has 0 unspecified atom stereocenters. The minimum atomic E-state index is -1.08. The number of nitrogens with zero attached hydrogens (tertiary/aromatic N) is 3. The van der Waals surface area contributed by atoms with Gasteiger partial charge in [0, 0.05) is 0 Å². The number of hydrogen-bond donors (Lipinski definition) is 3. The number of esters is 1. The summed E-state index contributed by atoms with van der Waals surface area (Å²) in [5.41, 5.74) is 0.400. The second kappa shape index (κ2) is 9.55. The molecule has 11 heteroatoms. The lowest BCUT2D eigenvalue weighted by Crippen LogP contribution is -2.14. The molecule has 2 aromatic rings. The van der Waals surface area contributed by atoms with E-state index < -0.39 is 17.8 Å². The fraction of sp³-hybridized carbons (Fsp3) is 0.222. The molecule has 0 atom stereocenters. The number of hydrogen-bond acceptors (Lipinski definition) is 9. The molecule has 0 saturated carbocycles. The second-order valence-electron chi connectivity index (χ2n) is 5.59. The van der Waals surface area contributed by atoms with E-state index in [9.17, 15) is 19.5 Å². The summed E-state index contributed by atoms with van der Waals surface area (Å²) in [6.45, 7) is 4.76. The predicted octanol–water partition coefficient (Wildman–Crippen LogP) is 3.84. The highest BCUT2D eigenvalue weighted by molar-refractivity contribution is 7.17. The highest BCUT2D eigenvalue weighted by Crippen LogP contribution is 2.24. The Kier molecular flexibility index (Phi) is 7.15. The zero-order valence-electron chi connectivity index (χ0n) is 15.8. The topological polar surface area (TPSA) is 151 Å². The van der Waals surface area contributed by atoms with Crippen molar-refractivity contribution in [2.24, 2.45) is 10.2 Å². The maximum atomic E-state index is 12.4. The van der Waals surface area contributed by atoms with Gasteiger partial charge in [-0.15, -0.1) is 5.11 Å². The molecular weight excluding hydrogens is 400 g/mol. The number of rotatable bonds is 7. The zero-order chi connectivity index (χ0) is 21.6. The highest BCUT2D eigenvalue weighted by Gasteiger charge is 2.20. The SMILES string of the molecule is CCOC(=O)c1sc(NC(=O)C(N=Nc2ccc(C(=O)O)cc2)=C(C)O)nc1C. The molecule has 10 nitrogen and oxygen atoms in total. The number of carboxylic acid groups (broad SMARTS) is 1. The number of aromatic carboxylic acids is 1. The minimum absolute atomic E-state index is 0.0762. The van der Waals surface area contributed by atoms with Crippen molar-refractivity contribution in [1.82, 2.24) is 4.98 Å². The van der Waals surface area contributed by atoms with Gasteiger partial charge in [0.15, 0.2) is 10.8 Å². The van der Waals surface area contributed by atoms with Crippen LogP contribution in [0.3, 0.4) is 0 Å². The molecule has 3 N–H and O–H groups in total. The van der Waals surface area contributed by atoms with E-state index in [-0.39, 0.29) is 39.3 Å². The first-order valence-electron chi connectivity index (χ1n) is 8.33. The average molecular weight is 418 g/mol. The van der Waals surface area contributed by atoms with Gasteiger partial charge in [0.25, 0.3) is 5.91 Å². The normalized spacial score (nSPS) is 11.8. The number of azo groups is 1. The van der Waals surface area contributed by atoms with Crippen molar-refractivity contribution in [3.8, 4) is 0 Å². The lowest BCUT2D eigenvalue weighted by Gasteiger charge is -2.02. The van der Waals surface area contributed by atoms with Crippen LogP contribution >= 0.6 is 11.3 Å². The number of nitrogens with one attached hydrogen (secondary N) is 1. The molecule has 0 fully saturated rings. The number of aliphatic hydroxyl groups is 1. The summed E-state index contributed by atoms with van der Waals surface area (Å²) in [7, 11) is 0. The number of anilines is 1. The van der Waals surface area contributed by atoms with E-state index in [1.54, 1.807) is 13.8 Å². The summed E-state index contributed by atoms with van der Waals surface area (Å²) >= 11 is 0.934. The van der Waals surface area contributed by atoms with Gasteiger partial charge in [-0.05, 0) is 45.0 Å². The Labute approximate surface area is 169 Å². The van der Waals surface area contributed by atoms with Gasteiger partial charge in [-0.1, -0.05) is 11.3 Å². The van der Waals surface area contributed by atoms with Crippen LogP contribution in [0.4, 0.5) is 10.8 Å². The number of carboxylic acids is 1. The number of carbonyl (C=O) groups is 3. The van der Waals surface area contributed by atoms with E-state index in [0.717, 1.165) is 11.3 Å². The second-order valence-corrected chi connectivity index (χ2v) is 6.59. The van der Waals surface area contributed by atoms with Gasteiger partial charge in [-0.25, -0.2) is 14.6 Å². The van der Waals surface area contributed by atoms with Gasteiger partial charge in [-0.2, -0.15) is 5.11 Å². The third-order valence-corrected chi connectivity index (χ3v) is 4.47. The summed E-state index contributed by atoms with van der Waals surface area (Å²) < 4.78 is 4.92. The van der Waals surface area contributed by atoms with Gasteiger partial charge in [0.05, 0.1) is 23.6 Å². The summed E-state index contributed by atoms with van der Waals surface area (Å²) in [4.78, 5) is 39.5. The van der Waals surface area contributed by atoms with Gasteiger partial charge in [-0.3, -0.25) is 10.1 Å². The number of benzene rings is 1. The summed E-state index contributed by atoms with van der Waals surface area (Å²) in [6.07, 6.45) is 0. The lowest BCUT2D eigenvalue weighted by molar-refractivity contribution is -0.113. The maximum Gasteiger partial charge on any atom is 0.350 e. The Balaban J connectivity index is 2.16. The summed E-state index contributed by atoms with van der Waals surface area (Å²) in [5, 5.41) is 28.8. The number of ether oxygens (including phenoxy) is 1. The van der Waals surface area contributed by atoms with Crippen LogP contribution in [0, 0.1) is 6.92 Å². The molecule has 0 aliphatic carbocycles. The molecule has 0 spiro atoms. The number of aromatic nitrogens is 1. The molecule has 1 amide bonds. The Bertz CT molecular complexity index is 990. The van der Waals surface area contributed by atoms with Crippen LogP contribution in [0.1, 0.15) is 39.6 Å². The lowest BCUT2D eigenvalue weighted by atomic mass is 10.2. The zero-order valence-corrected chi connectivity index (χ0v) is 16.6. The first-order chi connectivity index (χ1) is 13.7. The van der Waals surface area contributed by atoms with Crippen molar-refractivity contribution in [3.63, 3.8) is 0 Å². The molecule has 0 aliphatic heterocycles. The van der Waals surface area contributed by atoms with Crippen molar-refractivity contribution < 1.29 is 29.3 Å². The van der Waals surface area contributed by atoms with Crippen molar-refractivity contribution in [2.75, 3.05) is 11.9 Å². The number of carbonyl (C=O) groups excluding carboxylic acids is 2. The van der Waals surface area contributed by atoms with Crippen LogP contribution in [0.15, 0.2) is 46.0 Å². The van der Waals surface area contributed by atoms with Crippen LogP contribution in [-0.4, -0.2) is 39.6 Å². The molecule has 0 radical (unpaired) electrons. The van der Waals surface area contributed by atoms with Crippen molar-refractivity contribution in [3.05, 3.63) is 51.9 Å². The number of thiazole rings is 1. The first kappa shape index (κ1) is 21.7. The van der Waals surface area contributed by atoms with E-state index in [1.165, 1.54) is 31.2 Å². The van der Waals surface area contributed by atoms with Crippen molar-refractivity contribution in [1.29, 1.82) is 0 Å². The molecule has 2 rings (SSSR count). The maximum absolute atomic E-state index is 12.4. The number of amides is 1. The third-order valence-electron chi connectivity index (χ3n) is 3.42. The van der Waals surface area contributed by atoms with Crippen molar-refractivity contribution in [2.45, 2.75) is 20.8 Å². The van der Waals surface area contributed by atoms with Gasteiger partial charge in [0.2, 0.25) is 0 Å². The summed E-state index contributed by atoms with van der Waals surface area (Å²) in [5.74, 6) is -2.78. The first-order valence-corrected chi connectivity index (χ1v) is 9.15. The molecule has 152 valence electrons. The van der Waals surface area contributed by atoms with Crippen LogP contribution in [0.2, 0.25) is 0 Å². The highest BCUT2D eigenvalue weighted by atomic mass is 32.1. The van der Waals surface area contributed by atoms with Crippen LogP contribution in [0.5, 0.6) is 0 Å². The minimum Gasteiger partial charge on any atom is -0.510 e. The predicted molar refractivity (Wildman–Crippen MR) is 105 cm³/mol.